The van der Waals surface area contributed by atoms with Crippen molar-refractivity contribution in [2.75, 3.05) is 17.6 Å². The van der Waals surface area contributed by atoms with Crippen LogP contribution in [0.3, 0.4) is 0 Å². The molecule has 0 aliphatic rings. The molecular formula is C13H22N4O3S. The maximum absolute atomic E-state index is 11.9. The van der Waals surface area contributed by atoms with Gasteiger partial charge >= 0.3 is 0 Å². The van der Waals surface area contributed by atoms with Gasteiger partial charge in [0.25, 0.3) is 0 Å². The average molecular weight is 314 g/mol. The molecule has 1 unspecified atom stereocenters. The number of sulfonamides is 1. The van der Waals surface area contributed by atoms with Crippen molar-refractivity contribution in [3.63, 3.8) is 0 Å². The number of benzene rings is 1. The SMILES string of the molecule is CC(C)CNC(=O)C(C)Nc1cccc(S(N)(=O)=O)c1N. The maximum atomic E-state index is 11.9. The lowest BCUT2D eigenvalue weighted by atomic mass is 10.2. The molecule has 0 aromatic heterocycles. The highest BCUT2D eigenvalue weighted by Gasteiger charge is 2.18. The van der Waals surface area contributed by atoms with Gasteiger partial charge in [-0.3, -0.25) is 4.79 Å². The number of para-hydroxylation sites is 1. The molecule has 118 valence electrons. The first-order chi connectivity index (χ1) is 9.62. The molecule has 1 atom stereocenters. The number of carbonyl (C=O) groups is 1. The average Bonchev–Trinajstić information content (AvgIpc) is 2.36. The van der Waals surface area contributed by atoms with Gasteiger partial charge in [0.15, 0.2) is 0 Å². The highest BCUT2D eigenvalue weighted by Crippen LogP contribution is 2.26. The Kier molecular flexibility index (Phi) is 5.56. The molecule has 0 saturated heterocycles. The van der Waals surface area contributed by atoms with E-state index in [-0.39, 0.29) is 16.5 Å². The Balaban J connectivity index is 2.86. The molecule has 1 amide bonds. The van der Waals surface area contributed by atoms with Gasteiger partial charge < -0.3 is 16.4 Å². The zero-order valence-electron chi connectivity index (χ0n) is 12.4. The van der Waals surface area contributed by atoms with Crippen LogP contribution in [0.25, 0.3) is 0 Å². The molecule has 0 saturated carbocycles. The van der Waals surface area contributed by atoms with Crippen molar-refractivity contribution in [1.82, 2.24) is 5.32 Å². The van der Waals surface area contributed by atoms with Crippen LogP contribution in [0.15, 0.2) is 23.1 Å². The Morgan fingerprint density at radius 2 is 1.90 bits per heavy atom. The molecule has 0 radical (unpaired) electrons. The second-order valence-corrected chi connectivity index (χ2v) is 6.80. The lowest BCUT2D eigenvalue weighted by molar-refractivity contribution is -0.121. The summed E-state index contributed by atoms with van der Waals surface area (Å²) in [6.07, 6.45) is 0. The number of nitrogens with one attached hydrogen (secondary N) is 2. The fourth-order valence-electron chi connectivity index (χ4n) is 1.67. The minimum Gasteiger partial charge on any atom is -0.396 e. The Morgan fingerprint density at radius 1 is 1.29 bits per heavy atom. The number of hydrogen-bond acceptors (Lipinski definition) is 5. The highest BCUT2D eigenvalue weighted by atomic mass is 32.2. The molecule has 1 aromatic rings. The fraction of sp³-hybridized carbons (Fsp3) is 0.462. The van der Waals surface area contributed by atoms with E-state index in [1.165, 1.54) is 12.1 Å². The van der Waals surface area contributed by atoms with E-state index in [0.29, 0.717) is 18.2 Å². The van der Waals surface area contributed by atoms with Crippen molar-refractivity contribution >= 4 is 27.3 Å². The van der Waals surface area contributed by atoms with Crippen LogP contribution in [-0.2, 0) is 14.8 Å². The summed E-state index contributed by atoms with van der Waals surface area (Å²) in [6, 6.07) is 3.87. The lowest BCUT2D eigenvalue weighted by Crippen LogP contribution is -2.39. The second-order valence-electron chi connectivity index (χ2n) is 5.27. The molecule has 0 fully saturated rings. The lowest BCUT2D eigenvalue weighted by Gasteiger charge is -2.18. The summed E-state index contributed by atoms with van der Waals surface area (Å²) in [7, 11) is -3.90. The number of amides is 1. The molecule has 0 aliphatic heterocycles. The quantitative estimate of drug-likeness (QED) is 0.568. The number of hydrogen-bond donors (Lipinski definition) is 4. The van der Waals surface area contributed by atoms with Gasteiger partial charge in [0.05, 0.1) is 11.4 Å². The Bertz CT molecular complexity index is 614. The van der Waals surface area contributed by atoms with Gasteiger partial charge in [-0.15, -0.1) is 0 Å². The van der Waals surface area contributed by atoms with Crippen molar-refractivity contribution in [3.8, 4) is 0 Å². The van der Waals surface area contributed by atoms with Crippen molar-refractivity contribution < 1.29 is 13.2 Å². The molecule has 1 rings (SSSR count). The highest BCUT2D eigenvalue weighted by molar-refractivity contribution is 7.89. The Morgan fingerprint density at radius 3 is 2.43 bits per heavy atom. The van der Waals surface area contributed by atoms with E-state index in [9.17, 15) is 13.2 Å². The maximum Gasteiger partial charge on any atom is 0.242 e. The van der Waals surface area contributed by atoms with Crippen LogP contribution >= 0.6 is 0 Å². The molecule has 21 heavy (non-hydrogen) atoms. The van der Waals surface area contributed by atoms with Crippen LogP contribution in [0, 0.1) is 5.92 Å². The van der Waals surface area contributed by atoms with Crippen molar-refractivity contribution in [1.29, 1.82) is 0 Å². The van der Waals surface area contributed by atoms with Gasteiger partial charge in [-0.2, -0.15) is 0 Å². The summed E-state index contributed by atoms with van der Waals surface area (Å²) in [5.74, 6) is 0.154. The fourth-order valence-corrected chi connectivity index (χ4v) is 2.36. The topological polar surface area (TPSA) is 127 Å². The zero-order valence-corrected chi connectivity index (χ0v) is 13.2. The minimum atomic E-state index is -3.90. The van der Waals surface area contributed by atoms with Crippen molar-refractivity contribution in [2.45, 2.75) is 31.7 Å². The molecule has 0 spiro atoms. The predicted molar refractivity (Wildman–Crippen MR) is 83.2 cm³/mol. The number of nitrogen functional groups attached to an aromatic ring is 1. The number of carbonyl (C=O) groups excluding carboxylic acids is 1. The molecule has 7 nitrogen and oxygen atoms in total. The number of primary sulfonamides is 1. The first-order valence-electron chi connectivity index (χ1n) is 6.58. The number of nitrogens with two attached hydrogens (primary N) is 2. The molecule has 0 bridgehead atoms. The second kappa shape index (κ2) is 6.77. The third kappa shape index (κ3) is 4.91. The van der Waals surface area contributed by atoms with Crippen molar-refractivity contribution in [2.24, 2.45) is 11.1 Å². The van der Waals surface area contributed by atoms with Gasteiger partial charge in [0.2, 0.25) is 15.9 Å². The van der Waals surface area contributed by atoms with Crippen LogP contribution in [0.2, 0.25) is 0 Å². The van der Waals surface area contributed by atoms with Gasteiger partial charge in [0.1, 0.15) is 10.9 Å². The summed E-state index contributed by atoms with van der Waals surface area (Å²) >= 11 is 0. The van der Waals surface area contributed by atoms with E-state index >= 15 is 0 Å². The third-order valence-electron chi connectivity index (χ3n) is 2.82. The molecule has 8 heteroatoms. The van der Waals surface area contributed by atoms with E-state index in [4.69, 9.17) is 10.9 Å². The van der Waals surface area contributed by atoms with E-state index in [1.807, 2.05) is 13.8 Å². The third-order valence-corrected chi connectivity index (χ3v) is 3.79. The molecule has 6 N–H and O–H groups in total. The Hall–Kier alpha value is -1.80. The van der Waals surface area contributed by atoms with E-state index < -0.39 is 16.1 Å². The molecule has 0 heterocycles. The summed E-state index contributed by atoms with van der Waals surface area (Å²) in [5, 5.41) is 10.8. The van der Waals surface area contributed by atoms with Gasteiger partial charge in [-0.1, -0.05) is 19.9 Å². The number of rotatable bonds is 6. The first-order valence-corrected chi connectivity index (χ1v) is 8.13. The van der Waals surface area contributed by atoms with Gasteiger partial charge in [0, 0.05) is 6.54 Å². The molecule has 0 aliphatic carbocycles. The number of anilines is 2. The van der Waals surface area contributed by atoms with Gasteiger partial charge in [-0.25, -0.2) is 13.6 Å². The van der Waals surface area contributed by atoms with Crippen LogP contribution in [-0.4, -0.2) is 26.9 Å². The molecule has 1 aromatic carbocycles. The van der Waals surface area contributed by atoms with Crippen molar-refractivity contribution in [3.05, 3.63) is 18.2 Å². The smallest absolute Gasteiger partial charge is 0.242 e. The summed E-state index contributed by atoms with van der Waals surface area (Å²) in [6.45, 7) is 6.22. The standard InChI is InChI=1S/C13H22N4O3S/c1-8(2)7-16-13(18)9(3)17-10-5-4-6-11(12(10)14)21(15,19)20/h4-6,8-9,17H,7,14H2,1-3H3,(H,16,18)(H2,15,19,20). The van der Waals surface area contributed by atoms with Crippen LogP contribution in [0.4, 0.5) is 11.4 Å². The van der Waals surface area contributed by atoms with E-state index in [1.54, 1.807) is 13.0 Å². The first kappa shape index (κ1) is 17.3. The summed E-state index contributed by atoms with van der Waals surface area (Å²) in [4.78, 5) is 11.7. The van der Waals surface area contributed by atoms with E-state index in [0.717, 1.165) is 0 Å². The predicted octanol–water partition coefficient (Wildman–Crippen LogP) is 0.489. The summed E-state index contributed by atoms with van der Waals surface area (Å²) in [5.41, 5.74) is 6.15. The minimum absolute atomic E-state index is 0.00325. The normalized spacial score (nSPS) is 13.0. The zero-order chi connectivity index (χ0) is 16.2. The largest absolute Gasteiger partial charge is 0.396 e. The summed E-state index contributed by atoms with van der Waals surface area (Å²) < 4.78 is 22.8. The monoisotopic (exact) mass is 314 g/mol. The molecular weight excluding hydrogens is 292 g/mol. The van der Waals surface area contributed by atoms with Crippen LogP contribution in [0.1, 0.15) is 20.8 Å². The van der Waals surface area contributed by atoms with E-state index in [2.05, 4.69) is 10.6 Å². The van der Waals surface area contributed by atoms with Crippen LogP contribution < -0.4 is 21.5 Å². The van der Waals surface area contributed by atoms with Crippen LogP contribution in [0.5, 0.6) is 0 Å². The van der Waals surface area contributed by atoms with Gasteiger partial charge in [-0.05, 0) is 25.0 Å². The Labute approximate surface area is 125 Å².